The molecule has 1 aromatic rings. The van der Waals surface area contributed by atoms with Crippen LogP contribution in [0, 0.1) is 6.92 Å². The fourth-order valence-corrected chi connectivity index (χ4v) is 1.21. The summed E-state index contributed by atoms with van der Waals surface area (Å²) in [6.45, 7) is 8.31. The molecule has 0 aliphatic rings. The van der Waals surface area contributed by atoms with E-state index < -0.39 is 0 Å². The molecule has 1 rings (SSSR count). The Bertz CT molecular complexity index is 341. The summed E-state index contributed by atoms with van der Waals surface area (Å²) in [6.07, 6.45) is 2.62. The zero-order valence-corrected chi connectivity index (χ0v) is 9.87. The van der Waals surface area contributed by atoms with E-state index in [1.165, 1.54) is 0 Å². The van der Waals surface area contributed by atoms with E-state index in [9.17, 15) is 4.79 Å². The van der Waals surface area contributed by atoms with E-state index >= 15 is 0 Å². The molecular formula is C11H19N3O. The molecule has 0 atom stereocenters. The van der Waals surface area contributed by atoms with Crippen LogP contribution in [0.4, 0.5) is 0 Å². The standard InChI is InChI=1S/C11H19N3O/c1-5-11(3,4)13-10(15)8-14-9(2)6-7-12-14/h6-7H,5,8H2,1-4H3,(H,13,15). The Kier molecular flexibility index (Phi) is 3.50. The minimum absolute atomic E-state index is 0.00801. The quantitative estimate of drug-likeness (QED) is 0.816. The molecule has 0 aromatic carbocycles. The van der Waals surface area contributed by atoms with E-state index in [-0.39, 0.29) is 11.4 Å². The first-order chi connectivity index (χ1) is 6.94. The number of hydrogen-bond donors (Lipinski definition) is 1. The SMILES string of the molecule is CCC(C)(C)NC(=O)Cn1nccc1C. The molecule has 0 saturated carbocycles. The normalized spacial score (nSPS) is 11.5. The third kappa shape index (κ3) is 3.38. The maximum Gasteiger partial charge on any atom is 0.242 e. The van der Waals surface area contributed by atoms with Gasteiger partial charge in [0.05, 0.1) is 0 Å². The highest BCUT2D eigenvalue weighted by atomic mass is 16.2. The molecule has 1 aromatic heterocycles. The molecular weight excluding hydrogens is 190 g/mol. The summed E-state index contributed by atoms with van der Waals surface area (Å²) in [5, 5.41) is 7.04. The highest BCUT2D eigenvalue weighted by molar-refractivity contribution is 5.76. The maximum absolute atomic E-state index is 11.7. The third-order valence-electron chi connectivity index (χ3n) is 2.58. The van der Waals surface area contributed by atoms with Crippen molar-refractivity contribution in [3.63, 3.8) is 0 Å². The Morgan fingerprint density at radius 1 is 1.60 bits per heavy atom. The molecule has 84 valence electrons. The van der Waals surface area contributed by atoms with Crippen molar-refractivity contribution in [3.05, 3.63) is 18.0 Å². The van der Waals surface area contributed by atoms with Gasteiger partial charge < -0.3 is 5.32 Å². The van der Waals surface area contributed by atoms with Gasteiger partial charge in [-0.3, -0.25) is 9.48 Å². The first-order valence-corrected chi connectivity index (χ1v) is 5.24. The Morgan fingerprint density at radius 3 is 2.73 bits per heavy atom. The predicted octanol–water partition coefficient (Wildman–Crippen LogP) is 1.50. The minimum atomic E-state index is -0.141. The van der Waals surface area contributed by atoms with Crippen molar-refractivity contribution in [1.82, 2.24) is 15.1 Å². The Labute approximate surface area is 90.7 Å². The lowest BCUT2D eigenvalue weighted by molar-refractivity contribution is -0.123. The van der Waals surface area contributed by atoms with Gasteiger partial charge in [0.15, 0.2) is 0 Å². The number of nitrogens with zero attached hydrogens (tertiary/aromatic N) is 2. The summed E-state index contributed by atoms with van der Waals surface area (Å²) in [6, 6.07) is 1.89. The molecule has 1 amide bonds. The number of carbonyl (C=O) groups is 1. The summed E-state index contributed by atoms with van der Waals surface area (Å²) >= 11 is 0. The van der Waals surface area contributed by atoms with Crippen molar-refractivity contribution in [3.8, 4) is 0 Å². The average molecular weight is 209 g/mol. The highest BCUT2D eigenvalue weighted by Gasteiger charge is 2.18. The third-order valence-corrected chi connectivity index (χ3v) is 2.58. The fraction of sp³-hybridized carbons (Fsp3) is 0.636. The van der Waals surface area contributed by atoms with E-state index in [0.29, 0.717) is 6.54 Å². The van der Waals surface area contributed by atoms with Crippen molar-refractivity contribution in [2.24, 2.45) is 0 Å². The van der Waals surface area contributed by atoms with Crippen LogP contribution in [0.15, 0.2) is 12.3 Å². The van der Waals surface area contributed by atoms with Gasteiger partial charge in [0.25, 0.3) is 0 Å². The van der Waals surface area contributed by atoms with Crippen LogP contribution in [0.2, 0.25) is 0 Å². The van der Waals surface area contributed by atoms with Crippen LogP contribution in [0.5, 0.6) is 0 Å². The molecule has 4 heteroatoms. The molecule has 1 N–H and O–H groups in total. The molecule has 0 aliphatic carbocycles. The van der Waals surface area contributed by atoms with Crippen LogP contribution in [-0.2, 0) is 11.3 Å². The molecule has 0 spiro atoms. The highest BCUT2D eigenvalue weighted by Crippen LogP contribution is 2.06. The lowest BCUT2D eigenvalue weighted by Crippen LogP contribution is -2.44. The van der Waals surface area contributed by atoms with Crippen LogP contribution in [0.25, 0.3) is 0 Å². The van der Waals surface area contributed by atoms with Gasteiger partial charge in [-0.05, 0) is 33.3 Å². The second-order valence-corrected chi connectivity index (χ2v) is 4.42. The zero-order chi connectivity index (χ0) is 11.5. The number of aryl methyl sites for hydroxylation is 1. The summed E-state index contributed by atoms with van der Waals surface area (Å²) in [5.74, 6) is 0.00801. The molecule has 15 heavy (non-hydrogen) atoms. The van der Waals surface area contributed by atoms with Gasteiger partial charge in [0.1, 0.15) is 6.54 Å². The van der Waals surface area contributed by atoms with Gasteiger partial charge in [-0.25, -0.2) is 0 Å². The van der Waals surface area contributed by atoms with Gasteiger partial charge in [-0.2, -0.15) is 5.10 Å². The number of rotatable bonds is 4. The summed E-state index contributed by atoms with van der Waals surface area (Å²) in [4.78, 5) is 11.7. The second-order valence-electron chi connectivity index (χ2n) is 4.42. The lowest BCUT2D eigenvalue weighted by atomic mass is 10.0. The largest absolute Gasteiger partial charge is 0.350 e. The molecule has 4 nitrogen and oxygen atoms in total. The van der Waals surface area contributed by atoms with Gasteiger partial charge in [-0.15, -0.1) is 0 Å². The number of nitrogens with one attached hydrogen (secondary N) is 1. The van der Waals surface area contributed by atoms with E-state index in [4.69, 9.17) is 0 Å². The van der Waals surface area contributed by atoms with E-state index in [1.807, 2.05) is 26.8 Å². The van der Waals surface area contributed by atoms with Crippen LogP contribution < -0.4 is 5.32 Å². The van der Waals surface area contributed by atoms with Crippen molar-refractivity contribution in [1.29, 1.82) is 0 Å². The van der Waals surface area contributed by atoms with Crippen molar-refractivity contribution < 1.29 is 4.79 Å². The Hall–Kier alpha value is -1.32. The molecule has 1 heterocycles. The Morgan fingerprint density at radius 2 is 2.27 bits per heavy atom. The van der Waals surface area contributed by atoms with Crippen LogP contribution in [0.3, 0.4) is 0 Å². The van der Waals surface area contributed by atoms with E-state index in [1.54, 1.807) is 10.9 Å². The van der Waals surface area contributed by atoms with E-state index in [2.05, 4.69) is 17.3 Å². The molecule has 0 aliphatic heterocycles. The number of carbonyl (C=O) groups excluding carboxylic acids is 1. The first kappa shape index (κ1) is 11.8. The van der Waals surface area contributed by atoms with Crippen LogP contribution in [-0.4, -0.2) is 21.2 Å². The molecule has 0 radical (unpaired) electrons. The smallest absolute Gasteiger partial charge is 0.242 e. The average Bonchev–Trinajstić information content (AvgIpc) is 2.51. The first-order valence-electron chi connectivity index (χ1n) is 5.24. The topological polar surface area (TPSA) is 46.9 Å². The molecule has 0 unspecified atom stereocenters. The number of amides is 1. The van der Waals surface area contributed by atoms with Crippen LogP contribution in [0.1, 0.15) is 32.9 Å². The molecule has 0 fully saturated rings. The van der Waals surface area contributed by atoms with Crippen molar-refractivity contribution in [2.75, 3.05) is 0 Å². The number of aromatic nitrogens is 2. The molecule has 0 saturated heterocycles. The van der Waals surface area contributed by atoms with Crippen molar-refractivity contribution >= 4 is 5.91 Å². The number of hydrogen-bond acceptors (Lipinski definition) is 2. The van der Waals surface area contributed by atoms with Crippen LogP contribution >= 0.6 is 0 Å². The second kappa shape index (κ2) is 4.47. The monoisotopic (exact) mass is 209 g/mol. The van der Waals surface area contributed by atoms with Gasteiger partial charge in [0.2, 0.25) is 5.91 Å². The van der Waals surface area contributed by atoms with Gasteiger partial charge in [0, 0.05) is 17.4 Å². The summed E-state index contributed by atoms with van der Waals surface area (Å²) < 4.78 is 1.70. The molecule has 0 bridgehead atoms. The maximum atomic E-state index is 11.7. The minimum Gasteiger partial charge on any atom is -0.350 e. The van der Waals surface area contributed by atoms with E-state index in [0.717, 1.165) is 12.1 Å². The predicted molar refractivity (Wildman–Crippen MR) is 59.5 cm³/mol. The van der Waals surface area contributed by atoms with Gasteiger partial charge in [-0.1, -0.05) is 6.92 Å². The Balaban J connectivity index is 2.54. The van der Waals surface area contributed by atoms with Crippen molar-refractivity contribution in [2.45, 2.75) is 46.2 Å². The zero-order valence-electron chi connectivity index (χ0n) is 9.87. The summed E-state index contributed by atoms with van der Waals surface area (Å²) in [5.41, 5.74) is 0.859. The summed E-state index contributed by atoms with van der Waals surface area (Å²) in [7, 11) is 0. The lowest BCUT2D eigenvalue weighted by Gasteiger charge is -2.24. The fourth-order valence-electron chi connectivity index (χ4n) is 1.21. The van der Waals surface area contributed by atoms with Gasteiger partial charge >= 0.3 is 0 Å².